The molecule has 0 saturated heterocycles. The van der Waals surface area contributed by atoms with Gasteiger partial charge in [-0.25, -0.2) is 9.97 Å². The second kappa shape index (κ2) is 7.24. The Labute approximate surface area is 165 Å². The highest BCUT2D eigenvalue weighted by molar-refractivity contribution is 5.66. The monoisotopic (exact) mass is 397 g/mol. The van der Waals surface area contributed by atoms with Gasteiger partial charge in [-0.1, -0.05) is 0 Å². The molecule has 0 spiro atoms. The molecular formula is C21H18F3N5. The van der Waals surface area contributed by atoms with Crippen molar-refractivity contribution < 1.29 is 13.2 Å². The maximum absolute atomic E-state index is 12.8. The second-order valence-corrected chi connectivity index (χ2v) is 7.01. The first-order chi connectivity index (χ1) is 13.8. The van der Waals surface area contributed by atoms with E-state index in [1.54, 1.807) is 12.1 Å². The van der Waals surface area contributed by atoms with Crippen molar-refractivity contribution in [2.45, 2.75) is 38.9 Å². The number of nitrogens with one attached hydrogen (secondary N) is 1. The highest BCUT2D eigenvalue weighted by Crippen LogP contribution is 2.32. The molecule has 0 amide bonds. The normalized spacial score (nSPS) is 13.6. The third-order valence-electron chi connectivity index (χ3n) is 4.93. The number of imidazole rings is 1. The Balaban J connectivity index is 1.70. The second-order valence-electron chi connectivity index (χ2n) is 7.01. The maximum atomic E-state index is 12.8. The predicted molar refractivity (Wildman–Crippen MR) is 103 cm³/mol. The number of rotatable bonds is 3. The summed E-state index contributed by atoms with van der Waals surface area (Å²) in [7, 11) is 0. The van der Waals surface area contributed by atoms with Gasteiger partial charge in [0.25, 0.3) is 0 Å². The van der Waals surface area contributed by atoms with Gasteiger partial charge in [0.1, 0.15) is 11.6 Å². The Kier molecular flexibility index (Phi) is 4.74. The molecular weight excluding hydrogens is 379 g/mol. The van der Waals surface area contributed by atoms with E-state index in [2.05, 4.69) is 25.9 Å². The number of fused-ring (bicyclic) bond motifs is 1. The quantitative estimate of drug-likeness (QED) is 0.658. The highest BCUT2D eigenvalue weighted by Gasteiger charge is 2.30. The summed E-state index contributed by atoms with van der Waals surface area (Å²) in [6.45, 7) is 2.77. The van der Waals surface area contributed by atoms with Crippen LogP contribution in [0.5, 0.6) is 0 Å². The largest absolute Gasteiger partial charge is 0.416 e. The number of nitriles is 1. The van der Waals surface area contributed by atoms with Crippen molar-refractivity contribution in [2.75, 3.05) is 5.32 Å². The summed E-state index contributed by atoms with van der Waals surface area (Å²) in [6, 6.07) is 10.1. The molecule has 0 atom stereocenters. The molecule has 2 aromatic heterocycles. The van der Waals surface area contributed by atoms with Crippen LogP contribution in [0.15, 0.2) is 36.4 Å². The van der Waals surface area contributed by atoms with Crippen LogP contribution in [-0.2, 0) is 19.1 Å². The van der Waals surface area contributed by atoms with Gasteiger partial charge in [0, 0.05) is 18.7 Å². The molecule has 1 aromatic carbocycles. The first kappa shape index (κ1) is 19.0. The average Bonchev–Trinajstić information content (AvgIpc) is 3.03. The molecule has 1 aliphatic rings. The van der Waals surface area contributed by atoms with E-state index in [4.69, 9.17) is 0 Å². The molecule has 0 aliphatic carbocycles. The molecule has 0 unspecified atom stereocenters. The van der Waals surface area contributed by atoms with E-state index in [-0.39, 0.29) is 0 Å². The van der Waals surface area contributed by atoms with Gasteiger partial charge in [-0.2, -0.15) is 18.4 Å². The lowest BCUT2D eigenvalue weighted by Crippen LogP contribution is -2.12. The fourth-order valence-corrected chi connectivity index (χ4v) is 3.61. The van der Waals surface area contributed by atoms with Gasteiger partial charge in [-0.15, -0.1) is 0 Å². The topological polar surface area (TPSA) is 66.5 Å². The summed E-state index contributed by atoms with van der Waals surface area (Å²) < 4.78 is 40.4. The SMILES string of the molecule is Cc1nc2n(c1-c1cc(C#N)cc(Nc3ccc(C(F)(F)F)cc3)n1)CCCC2. The zero-order valence-corrected chi connectivity index (χ0v) is 15.7. The summed E-state index contributed by atoms with van der Waals surface area (Å²) in [4.78, 5) is 9.26. The van der Waals surface area contributed by atoms with Crippen LogP contribution < -0.4 is 5.32 Å². The third kappa shape index (κ3) is 3.81. The summed E-state index contributed by atoms with van der Waals surface area (Å²) >= 11 is 0. The summed E-state index contributed by atoms with van der Waals surface area (Å²) in [5, 5.41) is 12.4. The average molecular weight is 397 g/mol. The Bertz CT molecular complexity index is 1090. The molecule has 1 aliphatic heterocycles. The van der Waals surface area contributed by atoms with Gasteiger partial charge in [-0.05, 0) is 56.2 Å². The van der Waals surface area contributed by atoms with Gasteiger partial charge in [0.15, 0.2) is 0 Å². The molecule has 3 aromatic rings. The number of nitrogens with zero attached hydrogens (tertiary/aromatic N) is 4. The van der Waals surface area contributed by atoms with E-state index in [1.165, 1.54) is 12.1 Å². The molecule has 3 heterocycles. The zero-order valence-electron chi connectivity index (χ0n) is 15.7. The van der Waals surface area contributed by atoms with Gasteiger partial charge < -0.3 is 9.88 Å². The molecule has 0 radical (unpaired) electrons. The third-order valence-corrected chi connectivity index (χ3v) is 4.93. The molecule has 0 bridgehead atoms. The van der Waals surface area contributed by atoms with Gasteiger partial charge >= 0.3 is 6.18 Å². The van der Waals surface area contributed by atoms with E-state index in [0.717, 1.165) is 55.2 Å². The van der Waals surface area contributed by atoms with Crippen molar-refractivity contribution in [3.8, 4) is 17.5 Å². The predicted octanol–water partition coefficient (Wildman–Crippen LogP) is 5.22. The number of alkyl halides is 3. The van der Waals surface area contributed by atoms with Crippen LogP contribution in [0.25, 0.3) is 11.4 Å². The number of pyridine rings is 1. The lowest BCUT2D eigenvalue weighted by molar-refractivity contribution is -0.137. The molecule has 29 heavy (non-hydrogen) atoms. The number of aryl methyl sites for hydroxylation is 2. The number of aromatic nitrogens is 3. The molecule has 4 rings (SSSR count). The van der Waals surface area contributed by atoms with Crippen molar-refractivity contribution in [1.82, 2.24) is 14.5 Å². The minimum atomic E-state index is -4.39. The maximum Gasteiger partial charge on any atom is 0.416 e. The summed E-state index contributed by atoms with van der Waals surface area (Å²) in [5.41, 5.74) is 2.51. The zero-order chi connectivity index (χ0) is 20.6. The standard InChI is InChI=1S/C21H18F3N5/c1-13-20(29-9-3-2-4-19(29)26-13)17-10-14(12-25)11-18(28-17)27-16-7-5-15(6-8-16)21(22,23)24/h5-8,10-11H,2-4,9H2,1H3,(H,27,28). The van der Waals surface area contributed by atoms with Crippen LogP contribution >= 0.6 is 0 Å². The minimum Gasteiger partial charge on any atom is -0.340 e. The van der Waals surface area contributed by atoms with Crippen molar-refractivity contribution in [3.63, 3.8) is 0 Å². The summed E-state index contributed by atoms with van der Waals surface area (Å²) in [6.07, 6.45) is -1.31. The molecule has 1 N–H and O–H groups in total. The summed E-state index contributed by atoms with van der Waals surface area (Å²) in [5.74, 6) is 1.41. The smallest absolute Gasteiger partial charge is 0.340 e. The van der Waals surface area contributed by atoms with Crippen molar-refractivity contribution in [3.05, 3.63) is 59.0 Å². The Hall–Kier alpha value is -3.34. The lowest BCUT2D eigenvalue weighted by atomic mass is 10.1. The Morgan fingerprint density at radius 3 is 2.55 bits per heavy atom. The van der Waals surface area contributed by atoms with Crippen molar-refractivity contribution >= 4 is 11.5 Å². The van der Waals surface area contributed by atoms with Crippen molar-refractivity contribution in [2.24, 2.45) is 0 Å². The molecule has 0 fully saturated rings. The minimum absolute atomic E-state index is 0.393. The fourth-order valence-electron chi connectivity index (χ4n) is 3.61. The van der Waals surface area contributed by atoms with Gasteiger partial charge in [0.05, 0.1) is 34.3 Å². The van der Waals surface area contributed by atoms with Crippen LogP contribution in [0.3, 0.4) is 0 Å². The van der Waals surface area contributed by atoms with Crippen LogP contribution in [-0.4, -0.2) is 14.5 Å². The van der Waals surface area contributed by atoms with E-state index in [0.29, 0.717) is 22.8 Å². The molecule has 148 valence electrons. The van der Waals surface area contributed by atoms with Crippen molar-refractivity contribution in [1.29, 1.82) is 5.26 Å². The highest BCUT2D eigenvalue weighted by atomic mass is 19.4. The fraction of sp³-hybridized carbons (Fsp3) is 0.286. The Morgan fingerprint density at radius 2 is 1.86 bits per heavy atom. The lowest BCUT2D eigenvalue weighted by Gasteiger charge is -2.17. The van der Waals surface area contributed by atoms with E-state index in [9.17, 15) is 18.4 Å². The number of hydrogen-bond donors (Lipinski definition) is 1. The number of halogens is 3. The first-order valence-corrected chi connectivity index (χ1v) is 9.28. The van der Waals surface area contributed by atoms with Crippen LogP contribution in [0.1, 0.15) is 35.5 Å². The van der Waals surface area contributed by atoms with Crippen LogP contribution in [0.4, 0.5) is 24.7 Å². The van der Waals surface area contributed by atoms with E-state index < -0.39 is 11.7 Å². The van der Waals surface area contributed by atoms with Crippen LogP contribution in [0, 0.1) is 18.3 Å². The van der Waals surface area contributed by atoms with Gasteiger partial charge in [0.2, 0.25) is 0 Å². The first-order valence-electron chi connectivity index (χ1n) is 9.28. The van der Waals surface area contributed by atoms with Gasteiger partial charge in [-0.3, -0.25) is 0 Å². The van der Waals surface area contributed by atoms with E-state index in [1.807, 2.05) is 6.92 Å². The van der Waals surface area contributed by atoms with Crippen LogP contribution in [0.2, 0.25) is 0 Å². The Morgan fingerprint density at radius 1 is 1.10 bits per heavy atom. The van der Waals surface area contributed by atoms with E-state index >= 15 is 0 Å². The number of anilines is 2. The molecule has 8 heteroatoms. The number of benzene rings is 1. The number of hydrogen-bond acceptors (Lipinski definition) is 4. The molecule has 0 saturated carbocycles. The molecule has 5 nitrogen and oxygen atoms in total.